The first-order valence-electron chi connectivity index (χ1n) is 5.75. The van der Waals surface area contributed by atoms with Crippen molar-refractivity contribution in [1.29, 1.82) is 0 Å². The summed E-state index contributed by atoms with van der Waals surface area (Å²) < 4.78 is 0. The van der Waals surface area contributed by atoms with E-state index >= 15 is 0 Å². The maximum absolute atomic E-state index is 11.3. The number of rotatable bonds is 3. The Morgan fingerprint density at radius 1 is 1.39 bits per heavy atom. The Morgan fingerprint density at radius 2 is 2.11 bits per heavy atom. The van der Waals surface area contributed by atoms with Gasteiger partial charge in [0.25, 0.3) is 5.56 Å². The van der Waals surface area contributed by atoms with E-state index in [0.29, 0.717) is 11.6 Å². The summed E-state index contributed by atoms with van der Waals surface area (Å²) in [6.07, 6.45) is 0. The summed E-state index contributed by atoms with van der Waals surface area (Å²) in [5, 5.41) is 3.17. The number of anilines is 2. The Morgan fingerprint density at radius 3 is 2.78 bits per heavy atom. The van der Waals surface area contributed by atoms with E-state index in [1.165, 1.54) is 6.07 Å². The number of aromatic nitrogens is 2. The van der Waals surface area contributed by atoms with Gasteiger partial charge in [-0.05, 0) is 25.5 Å². The predicted molar refractivity (Wildman–Crippen MR) is 72.5 cm³/mol. The van der Waals surface area contributed by atoms with E-state index in [2.05, 4.69) is 15.3 Å². The van der Waals surface area contributed by atoms with Crippen molar-refractivity contribution in [2.24, 2.45) is 0 Å². The first kappa shape index (κ1) is 12.2. The maximum atomic E-state index is 11.3. The molecule has 0 saturated heterocycles. The predicted octanol–water partition coefficient (Wildman–Crippen LogP) is 1.83. The van der Waals surface area contributed by atoms with Crippen molar-refractivity contribution < 1.29 is 0 Å². The molecule has 5 heteroatoms. The van der Waals surface area contributed by atoms with Crippen molar-refractivity contribution in [3.63, 3.8) is 0 Å². The lowest BCUT2D eigenvalue weighted by molar-refractivity contribution is 0.867. The fourth-order valence-corrected chi connectivity index (χ4v) is 1.86. The van der Waals surface area contributed by atoms with Crippen LogP contribution in [-0.2, 0) is 0 Å². The van der Waals surface area contributed by atoms with Crippen molar-refractivity contribution in [2.75, 3.05) is 11.1 Å². The zero-order valence-electron chi connectivity index (χ0n) is 10.4. The molecular formula is C13H16N4O. The zero-order valence-corrected chi connectivity index (χ0v) is 10.4. The quantitative estimate of drug-likeness (QED) is 0.719. The van der Waals surface area contributed by atoms with Gasteiger partial charge >= 0.3 is 0 Å². The molecule has 0 aliphatic carbocycles. The molecule has 0 aliphatic heterocycles. The van der Waals surface area contributed by atoms with Gasteiger partial charge in [0, 0.05) is 11.8 Å². The van der Waals surface area contributed by atoms with Gasteiger partial charge in [0.2, 0.25) is 0 Å². The van der Waals surface area contributed by atoms with E-state index in [1.807, 2.05) is 31.2 Å². The summed E-state index contributed by atoms with van der Waals surface area (Å²) in [7, 11) is 0. The van der Waals surface area contributed by atoms with Crippen molar-refractivity contribution in [1.82, 2.24) is 9.97 Å². The van der Waals surface area contributed by atoms with E-state index in [9.17, 15) is 4.79 Å². The number of aryl methyl sites for hydroxylation is 1. The SMILES string of the molecule is Cc1nc(NC(C)c2ccccc2N)cc(=O)[nH]1. The lowest BCUT2D eigenvalue weighted by Crippen LogP contribution is -2.15. The Hall–Kier alpha value is -2.30. The monoisotopic (exact) mass is 244 g/mol. The van der Waals surface area contributed by atoms with Gasteiger partial charge in [-0.3, -0.25) is 4.79 Å². The number of benzene rings is 1. The average molecular weight is 244 g/mol. The van der Waals surface area contributed by atoms with E-state index in [-0.39, 0.29) is 11.6 Å². The number of nitrogens with one attached hydrogen (secondary N) is 2. The third-order valence-electron chi connectivity index (χ3n) is 2.69. The van der Waals surface area contributed by atoms with Crippen molar-refractivity contribution in [2.45, 2.75) is 19.9 Å². The van der Waals surface area contributed by atoms with Gasteiger partial charge in [-0.2, -0.15) is 0 Å². The lowest BCUT2D eigenvalue weighted by atomic mass is 10.1. The van der Waals surface area contributed by atoms with Crippen LogP contribution in [0, 0.1) is 6.92 Å². The molecule has 1 atom stereocenters. The minimum atomic E-state index is -0.168. The van der Waals surface area contributed by atoms with Crippen molar-refractivity contribution in [3.05, 3.63) is 52.1 Å². The minimum Gasteiger partial charge on any atom is -0.398 e. The van der Waals surface area contributed by atoms with Gasteiger partial charge in [0.1, 0.15) is 11.6 Å². The summed E-state index contributed by atoms with van der Waals surface area (Å²) >= 11 is 0. The molecule has 0 aliphatic rings. The third-order valence-corrected chi connectivity index (χ3v) is 2.69. The highest BCUT2D eigenvalue weighted by Gasteiger charge is 2.09. The van der Waals surface area contributed by atoms with E-state index in [1.54, 1.807) is 6.92 Å². The molecule has 94 valence electrons. The number of nitrogens with two attached hydrogens (primary N) is 1. The smallest absolute Gasteiger partial charge is 0.252 e. The number of aromatic amines is 1. The lowest BCUT2D eigenvalue weighted by Gasteiger charge is -2.16. The van der Waals surface area contributed by atoms with Crippen LogP contribution >= 0.6 is 0 Å². The second-order valence-corrected chi connectivity index (χ2v) is 4.21. The fourth-order valence-electron chi connectivity index (χ4n) is 1.86. The Labute approximate surface area is 105 Å². The van der Waals surface area contributed by atoms with Crippen LogP contribution < -0.4 is 16.6 Å². The molecule has 5 nitrogen and oxygen atoms in total. The maximum Gasteiger partial charge on any atom is 0.252 e. The van der Waals surface area contributed by atoms with Crippen LogP contribution in [0.2, 0.25) is 0 Å². The number of hydrogen-bond donors (Lipinski definition) is 3. The number of nitrogens with zero attached hydrogens (tertiary/aromatic N) is 1. The summed E-state index contributed by atoms with van der Waals surface area (Å²) in [5.41, 5.74) is 7.44. The normalized spacial score (nSPS) is 12.1. The van der Waals surface area contributed by atoms with Gasteiger partial charge in [-0.1, -0.05) is 18.2 Å². The zero-order chi connectivity index (χ0) is 13.1. The molecular weight excluding hydrogens is 228 g/mol. The first-order chi connectivity index (χ1) is 8.56. The van der Waals surface area contributed by atoms with Crippen LogP contribution in [0.3, 0.4) is 0 Å². The molecule has 4 N–H and O–H groups in total. The van der Waals surface area contributed by atoms with E-state index < -0.39 is 0 Å². The molecule has 18 heavy (non-hydrogen) atoms. The van der Waals surface area contributed by atoms with E-state index in [4.69, 9.17) is 5.73 Å². The standard InChI is InChI=1S/C13H16N4O/c1-8(10-5-3-4-6-11(10)14)15-12-7-13(18)17-9(2)16-12/h3-8H,14H2,1-2H3,(H2,15,16,17,18). The largest absolute Gasteiger partial charge is 0.398 e. The highest BCUT2D eigenvalue weighted by molar-refractivity contribution is 5.50. The van der Waals surface area contributed by atoms with Crippen LogP contribution in [0.25, 0.3) is 0 Å². The Balaban J connectivity index is 2.24. The number of para-hydroxylation sites is 1. The molecule has 1 aromatic carbocycles. The minimum absolute atomic E-state index is 0.0140. The highest BCUT2D eigenvalue weighted by atomic mass is 16.1. The molecule has 0 fully saturated rings. The molecule has 0 spiro atoms. The topological polar surface area (TPSA) is 83.8 Å². The van der Waals surface area contributed by atoms with Crippen LogP contribution in [0.5, 0.6) is 0 Å². The van der Waals surface area contributed by atoms with Crippen molar-refractivity contribution in [3.8, 4) is 0 Å². The number of hydrogen-bond acceptors (Lipinski definition) is 4. The summed E-state index contributed by atoms with van der Waals surface area (Å²) in [4.78, 5) is 18.2. The van der Waals surface area contributed by atoms with Crippen LogP contribution in [0.4, 0.5) is 11.5 Å². The molecule has 1 aromatic heterocycles. The van der Waals surface area contributed by atoms with Crippen LogP contribution in [0.15, 0.2) is 35.1 Å². The van der Waals surface area contributed by atoms with Crippen LogP contribution in [0.1, 0.15) is 24.4 Å². The van der Waals surface area contributed by atoms with Gasteiger partial charge < -0.3 is 16.0 Å². The molecule has 2 aromatic rings. The highest BCUT2D eigenvalue weighted by Crippen LogP contribution is 2.22. The van der Waals surface area contributed by atoms with Crippen LogP contribution in [-0.4, -0.2) is 9.97 Å². The Kier molecular flexibility index (Phi) is 3.32. The van der Waals surface area contributed by atoms with Gasteiger partial charge in [-0.15, -0.1) is 0 Å². The molecule has 0 radical (unpaired) electrons. The number of H-pyrrole nitrogens is 1. The molecule has 1 heterocycles. The molecule has 1 unspecified atom stereocenters. The van der Waals surface area contributed by atoms with Crippen molar-refractivity contribution >= 4 is 11.5 Å². The van der Waals surface area contributed by atoms with Gasteiger partial charge in [0.15, 0.2) is 0 Å². The second kappa shape index (κ2) is 4.91. The first-order valence-corrected chi connectivity index (χ1v) is 5.75. The summed E-state index contributed by atoms with van der Waals surface area (Å²) in [5.74, 6) is 1.13. The molecule has 0 bridgehead atoms. The van der Waals surface area contributed by atoms with E-state index in [0.717, 1.165) is 11.3 Å². The summed E-state index contributed by atoms with van der Waals surface area (Å²) in [6, 6.07) is 9.04. The molecule has 0 saturated carbocycles. The summed E-state index contributed by atoms with van der Waals surface area (Å²) in [6.45, 7) is 3.72. The van der Waals surface area contributed by atoms with Gasteiger partial charge in [-0.25, -0.2) is 4.98 Å². The Bertz CT molecular complexity index is 606. The van der Waals surface area contributed by atoms with Gasteiger partial charge in [0.05, 0.1) is 6.04 Å². The molecule has 0 amide bonds. The molecule has 2 rings (SSSR count). The average Bonchev–Trinajstić information content (AvgIpc) is 2.27. The third kappa shape index (κ3) is 2.68. The fraction of sp³-hybridized carbons (Fsp3) is 0.231. The second-order valence-electron chi connectivity index (χ2n) is 4.21. The number of nitrogen functional groups attached to an aromatic ring is 1.